The topological polar surface area (TPSA) is 43.4 Å². The molecule has 4 rings (SSSR count). The maximum absolute atomic E-state index is 6.40. The molecule has 2 aromatic carbocycles. The molecule has 3 atom stereocenters. The summed E-state index contributed by atoms with van der Waals surface area (Å²) >= 11 is 0. The van der Waals surface area contributed by atoms with E-state index >= 15 is 0 Å². The van der Waals surface area contributed by atoms with Crippen LogP contribution < -0.4 is 5.32 Å². The van der Waals surface area contributed by atoms with Crippen molar-refractivity contribution < 1.29 is 9.47 Å². The predicted molar refractivity (Wildman–Crippen MR) is 110 cm³/mol. The van der Waals surface area contributed by atoms with Crippen LogP contribution in [0.5, 0.6) is 0 Å². The first-order valence-corrected chi connectivity index (χ1v) is 9.51. The van der Waals surface area contributed by atoms with Crippen molar-refractivity contribution in [1.29, 1.82) is 0 Å². The van der Waals surface area contributed by atoms with Crippen molar-refractivity contribution in [3.63, 3.8) is 0 Å². The fourth-order valence-electron chi connectivity index (χ4n) is 3.37. The molecule has 1 aliphatic rings. The van der Waals surface area contributed by atoms with E-state index < -0.39 is 6.29 Å². The molecule has 4 heteroatoms. The van der Waals surface area contributed by atoms with Gasteiger partial charge < -0.3 is 14.8 Å². The van der Waals surface area contributed by atoms with Crippen LogP contribution in [-0.4, -0.2) is 17.6 Å². The van der Waals surface area contributed by atoms with Gasteiger partial charge in [0, 0.05) is 18.3 Å². The zero-order valence-corrected chi connectivity index (χ0v) is 15.7. The molecule has 2 heterocycles. The van der Waals surface area contributed by atoms with Crippen molar-refractivity contribution >= 4 is 6.08 Å². The summed E-state index contributed by atoms with van der Waals surface area (Å²) in [7, 11) is 0. The van der Waals surface area contributed by atoms with Crippen LogP contribution >= 0.6 is 0 Å². The van der Waals surface area contributed by atoms with E-state index in [-0.39, 0.29) is 12.1 Å². The van der Waals surface area contributed by atoms with Gasteiger partial charge in [0.15, 0.2) is 6.29 Å². The highest BCUT2D eigenvalue weighted by Gasteiger charge is 2.33. The smallest absolute Gasteiger partial charge is 0.184 e. The Morgan fingerprint density at radius 2 is 1.75 bits per heavy atom. The summed E-state index contributed by atoms with van der Waals surface area (Å²) < 4.78 is 12.5. The van der Waals surface area contributed by atoms with Gasteiger partial charge in [-0.25, -0.2) is 0 Å². The molecule has 0 saturated carbocycles. The molecule has 1 aliphatic heterocycles. The Labute approximate surface area is 165 Å². The quantitative estimate of drug-likeness (QED) is 0.683. The summed E-state index contributed by atoms with van der Waals surface area (Å²) in [6.07, 6.45) is 3.14. The van der Waals surface area contributed by atoms with Crippen LogP contribution in [0.25, 0.3) is 6.08 Å². The lowest BCUT2D eigenvalue weighted by atomic mass is 10.0. The largest absolute Gasteiger partial charge is 0.347 e. The Hall–Kier alpha value is -2.79. The lowest BCUT2D eigenvalue weighted by Crippen LogP contribution is -2.44. The second-order valence-corrected chi connectivity index (χ2v) is 6.81. The summed E-state index contributed by atoms with van der Waals surface area (Å²) in [6.45, 7) is 5.03. The summed E-state index contributed by atoms with van der Waals surface area (Å²) in [6, 6.07) is 24.4. The molecular weight excluding hydrogens is 348 g/mol. The minimum Gasteiger partial charge on any atom is -0.347 e. The first kappa shape index (κ1) is 18.6. The van der Waals surface area contributed by atoms with Crippen LogP contribution in [0.2, 0.25) is 0 Å². The van der Waals surface area contributed by atoms with Crippen molar-refractivity contribution in [3.05, 3.63) is 108 Å². The maximum Gasteiger partial charge on any atom is 0.184 e. The van der Waals surface area contributed by atoms with Crippen molar-refractivity contribution in [3.8, 4) is 0 Å². The molecule has 142 valence electrons. The molecule has 1 N–H and O–H groups in total. The van der Waals surface area contributed by atoms with Crippen molar-refractivity contribution in [1.82, 2.24) is 10.3 Å². The number of pyridine rings is 1. The number of nitrogens with one attached hydrogen (secondary N) is 1. The monoisotopic (exact) mass is 372 g/mol. The van der Waals surface area contributed by atoms with Crippen molar-refractivity contribution in [2.45, 2.75) is 25.0 Å². The standard InChI is InChI=1S/C24H24N2O2/c1-2-18-11-13-20(14-12-18)24-27-17-22(26-16-21-10-6-7-15-25-21)23(28-24)19-8-4-3-5-9-19/h2-15,22-24,26H,1,16-17H2/t22-,23+,24+/m0/s1. The van der Waals surface area contributed by atoms with E-state index in [1.165, 1.54) is 0 Å². The third-order valence-corrected chi connectivity index (χ3v) is 4.91. The van der Waals surface area contributed by atoms with Gasteiger partial charge in [-0.1, -0.05) is 73.3 Å². The van der Waals surface area contributed by atoms with E-state index in [9.17, 15) is 0 Å². The van der Waals surface area contributed by atoms with Gasteiger partial charge in [0.2, 0.25) is 0 Å². The molecule has 4 nitrogen and oxygen atoms in total. The Balaban J connectivity index is 1.51. The number of hydrogen-bond acceptors (Lipinski definition) is 4. The molecule has 1 saturated heterocycles. The average molecular weight is 372 g/mol. The summed E-state index contributed by atoms with van der Waals surface area (Å²) in [5.74, 6) is 0. The Morgan fingerprint density at radius 3 is 2.46 bits per heavy atom. The van der Waals surface area contributed by atoms with Gasteiger partial charge in [-0.05, 0) is 23.3 Å². The van der Waals surface area contributed by atoms with Crippen LogP contribution in [0.4, 0.5) is 0 Å². The molecule has 0 aliphatic carbocycles. The highest BCUT2D eigenvalue weighted by molar-refractivity contribution is 5.47. The van der Waals surface area contributed by atoms with Crippen molar-refractivity contribution in [2.24, 2.45) is 0 Å². The molecule has 0 unspecified atom stereocenters. The fraction of sp³-hybridized carbons (Fsp3) is 0.208. The van der Waals surface area contributed by atoms with Gasteiger partial charge in [-0.3, -0.25) is 4.98 Å². The zero-order valence-electron chi connectivity index (χ0n) is 15.7. The van der Waals surface area contributed by atoms with Crippen molar-refractivity contribution in [2.75, 3.05) is 6.61 Å². The first-order chi connectivity index (χ1) is 13.8. The highest BCUT2D eigenvalue weighted by Crippen LogP contribution is 2.35. The van der Waals surface area contributed by atoms with E-state index in [1.54, 1.807) is 0 Å². The molecule has 28 heavy (non-hydrogen) atoms. The molecule has 0 radical (unpaired) electrons. The Morgan fingerprint density at radius 1 is 0.964 bits per heavy atom. The highest BCUT2D eigenvalue weighted by atomic mass is 16.7. The maximum atomic E-state index is 6.40. The number of benzene rings is 2. The second kappa shape index (κ2) is 8.93. The van der Waals surface area contributed by atoms with Crippen LogP contribution in [0, 0.1) is 0 Å². The molecule has 3 aromatic rings. The summed E-state index contributed by atoms with van der Waals surface area (Å²) in [4.78, 5) is 4.39. The normalized spacial score (nSPS) is 21.9. The third kappa shape index (κ3) is 4.37. The van der Waals surface area contributed by atoms with Gasteiger partial charge in [0.25, 0.3) is 0 Å². The fourth-order valence-corrected chi connectivity index (χ4v) is 3.37. The Bertz CT molecular complexity index is 881. The van der Waals surface area contributed by atoms with Gasteiger partial charge in [0.05, 0.1) is 18.3 Å². The van der Waals surface area contributed by atoms with E-state index in [1.807, 2.05) is 72.9 Å². The van der Waals surface area contributed by atoms with Crippen LogP contribution in [0.15, 0.2) is 85.6 Å². The zero-order chi connectivity index (χ0) is 19.2. The lowest BCUT2D eigenvalue weighted by Gasteiger charge is -2.37. The number of nitrogens with zero attached hydrogens (tertiary/aromatic N) is 1. The van der Waals surface area contributed by atoms with E-state index in [2.05, 4.69) is 29.0 Å². The van der Waals surface area contributed by atoms with Crippen LogP contribution in [0.3, 0.4) is 0 Å². The van der Waals surface area contributed by atoms with Gasteiger partial charge >= 0.3 is 0 Å². The SMILES string of the molecule is C=Cc1ccc([C@@H]2OC[C@H](NCc3ccccn3)[C@@H](c3ccccc3)O2)cc1. The first-order valence-electron chi connectivity index (χ1n) is 9.51. The molecule has 0 bridgehead atoms. The predicted octanol–water partition coefficient (Wildman–Crippen LogP) is 4.67. The molecule has 1 aromatic heterocycles. The summed E-state index contributed by atoms with van der Waals surface area (Å²) in [5.41, 5.74) is 4.22. The van der Waals surface area contributed by atoms with Gasteiger partial charge in [-0.15, -0.1) is 0 Å². The average Bonchev–Trinajstić information content (AvgIpc) is 2.79. The van der Waals surface area contributed by atoms with E-state index in [0.717, 1.165) is 22.4 Å². The van der Waals surface area contributed by atoms with Gasteiger partial charge in [-0.2, -0.15) is 0 Å². The van der Waals surface area contributed by atoms with Gasteiger partial charge in [0.1, 0.15) is 6.10 Å². The number of ether oxygens (including phenoxy) is 2. The van der Waals surface area contributed by atoms with E-state index in [0.29, 0.717) is 13.2 Å². The molecule has 0 amide bonds. The molecule has 0 spiro atoms. The number of hydrogen-bond donors (Lipinski definition) is 1. The summed E-state index contributed by atoms with van der Waals surface area (Å²) in [5, 5.41) is 3.55. The second-order valence-electron chi connectivity index (χ2n) is 6.81. The third-order valence-electron chi connectivity index (χ3n) is 4.91. The Kier molecular flexibility index (Phi) is 5.92. The van der Waals surface area contributed by atoms with E-state index in [4.69, 9.17) is 9.47 Å². The number of rotatable bonds is 6. The lowest BCUT2D eigenvalue weighted by molar-refractivity contribution is -0.232. The molecular formula is C24H24N2O2. The molecule has 1 fully saturated rings. The van der Waals surface area contributed by atoms with Crippen LogP contribution in [-0.2, 0) is 16.0 Å². The minimum absolute atomic E-state index is 0.0353. The number of aromatic nitrogens is 1. The minimum atomic E-state index is -0.392. The van der Waals surface area contributed by atoms with Crippen LogP contribution in [0.1, 0.15) is 34.8 Å².